The lowest BCUT2D eigenvalue weighted by atomic mass is 9.81. The minimum Gasteiger partial charge on any atom is -0.323 e. The summed E-state index contributed by atoms with van der Waals surface area (Å²) in [7, 11) is 0. The molecule has 104 valence electrons. The largest absolute Gasteiger partial charge is 0.323 e. The summed E-state index contributed by atoms with van der Waals surface area (Å²) < 4.78 is 0. The van der Waals surface area contributed by atoms with Gasteiger partial charge in [-0.3, -0.25) is 0 Å². The molecule has 0 spiro atoms. The van der Waals surface area contributed by atoms with Gasteiger partial charge in [0.25, 0.3) is 0 Å². The standard InChI is InChI=1S/C16H19N3S/c1-10-9-14(20-16-18-8-7-11(2)19-16)15(17)13-6-4-3-5-12(10)13/h3-8,10,14-15H,9,17H2,1-2H3. The van der Waals surface area contributed by atoms with E-state index in [9.17, 15) is 0 Å². The van der Waals surface area contributed by atoms with Crippen LogP contribution in [0.5, 0.6) is 0 Å². The first-order valence-electron chi connectivity index (χ1n) is 6.96. The van der Waals surface area contributed by atoms with Gasteiger partial charge in [-0.25, -0.2) is 9.97 Å². The van der Waals surface area contributed by atoms with E-state index in [-0.39, 0.29) is 6.04 Å². The van der Waals surface area contributed by atoms with E-state index < -0.39 is 0 Å². The van der Waals surface area contributed by atoms with Crippen LogP contribution in [-0.2, 0) is 0 Å². The molecule has 1 aliphatic carbocycles. The summed E-state index contributed by atoms with van der Waals surface area (Å²) in [5.41, 5.74) is 10.1. The molecule has 1 heterocycles. The van der Waals surface area contributed by atoms with Crippen molar-refractivity contribution in [3.05, 3.63) is 53.3 Å². The maximum atomic E-state index is 6.46. The van der Waals surface area contributed by atoms with Crippen LogP contribution in [0.1, 0.15) is 42.1 Å². The molecule has 1 aromatic heterocycles. The Kier molecular flexibility index (Phi) is 3.76. The second-order valence-electron chi connectivity index (χ2n) is 5.43. The molecule has 4 heteroatoms. The molecular weight excluding hydrogens is 266 g/mol. The van der Waals surface area contributed by atoms with E-state index in [0.717, 1.165) is 17.3 Å². The SMILES string of the molecule is Cc1ccnc(SC2CC(C)c3ccccc3C2N)n1. The molecule has 2 aromatic rings. The van der Waals surface area contributed by atoms with Crippen molar-refractivity contribution in [1.29, 1.82) is 0 Å². The molecular formula is C16H19N3S. The first-order valence-corrected chi connectivity index (χ1v) is 7.84. The molecule has 1 aliphatic rings. The highest BCUT2D eigenvalue weighted by molar-refractivity contribution is 7.99. The van der Waals surface area contributed by atoms with Crippen molar-refractivity contribution in [1.82, 2.24) is 9.97 Å². The Bertz CT molecular complexity index is 614. The maximum absolute atomic E-state index is 6.46. The van der Waals surface area contributed by atoms with Gasteiger partial charge in [0.2, 0.25) is 0 Å². The first-order chi connectivity index (χ1) is 9.65. The highest BCUT2D eigenvalue weighted by Crippen LogP contribution is 2.42. The molecule has 3 unspecified atom stereocenters. The minimum absolute atomic E-state index is 0.0523. The Morgan fingerprint density at radius 1 is 1.20 bits per heavy atom. The van der Waals surface area contributed by atoms with Crippen molar-refractivity contribution >= 4 is 11.8 Å². The van der Waals surface area contributed by atoms with Crippen LogP contribution >= 0.6 is 11.8 Å². The van der Waals surface area contributed by atoms with Crippen molar-refractivity contribution in [3.8, 4) is 0 Å². The fourth-order valence-corrected chi connectivity index (χ4v) is 4.09. The molecule has 1 aromatic carbocycles. The Hall–Kier alpha value is -1.39. The number of hydrogen-bond acceptors (Lipinski definition) is 4. The Morgan fingerprint density at radius 2 is 1.95 bits per heavy atom. The topological polar surface area (TPSA) is 51.8 Å². The molecule has 0 fully saturated rings. The number of thioether (sulfide) groups is 1. The van der Waals surface area contributed by atoms with Gasteiger partial charge in [-0.1, -0.05) is 43.0 Å². The summed E-state index contributed by atoms with van der Waals surface area (Å²) in [5.74, 6) is 0.535. The van der Waals surface area contributed by atoms with Crippen molar-refractivity contribution in [2.45, 2.75) is 42.6 Å². The van der Waals surface area contributed by atoms with E-state index in [0.29, 0.717) is 11.2 Å². The molecule has 3 rings (SSSR count). The van der Waals surface area contributed by atoms with E-state index >= 15 is 0 Å². The molecule has 0 aliphatic heterocycles. The normalized spacial score (nSPS) is 25.2. The molecule has 3 atom stereocenters. The average molecular weight is 285 g/mol. The number of aromatic nitrogens is 2. The van der Waals surface area contributed by atoms with Crippen molar-refractivity contribution in [3.63, 3.8) is 0 Å². The van der Waals surface area contributed by atoms with Crippen LogP contribution in [0.2, 0.25) is 0 Å². The van der Waals surface area contributed by atoms with Gasteiger partial charge in [0.15, 0.2) is 5.16 Å². The number of benzene rings is 1. The summed E-state index contributed by atoms with van der Waals surface area (Å²) in [5, 5.41) is 1.17. The zero-order chi connectivity index (χ0) is 14.1. The summed E-state index contributed by atoms with van der Waals surface area (Å²) in [4.78, 5) is 8.82. The van der Waals surface area contributed by atoms with Gasteiger partial charge in [0.1, 0.15) is 0 Å². The predicted octanol–water partition coefficient (Wildman–Crippen LogP) is 3.45. The molecule has 0 radical (unpaired) electrons. The van der Waals surface area contributed by atoms with Gasteiger partial charge in [-0.15, -0.1) is 0 Å². The quantitative estimate of drug-likeness (QED) is 0.859. The molecule has 0 saturated heterocycles. The number of fused-ring (bicyclic) bond motifs is 1. The van der Waals surface area contributed by atoms with Crippen LogP contribution in [0.25, 0.3) is 0 Å². The second kappa shape index (κ2) is 5.54. The van der Waals surface area contributed by atoms with Gasteiger partial charge in [0.05, 0.1) is 0 Å². The van der Waals surface area contributed by atoms with Gasteiger partial charge < -0.3 is 5.73 Å². The first kappa shape index (κ1) is 13.6. The van der Waals surface area contributed by atoms with Crippen LogP contribution in [0, 0.1) is 6.92 Å². The maximum Gasteiger partial charge on any atom is 0.188 e. The Morgan fingerprint density at radius 3 is 2.70 bits per heavy atom. The average Bonchev–Trinajstić information content (AvgIpc) is 2.45. The number of nitrogens with two attached hydrogens (primary N) is 1. The smallest absolute Gasteiger partial charge is 0.188 e. The zero-order valence-electron chi connectivity index (χ0n) is 11.8. The Balaban J connectivity index is 1.86. The fraction of sp³-hybridized carbons (Fsp3) is 0.375. The summed E-state index contributed by atoms with van der Waals surface area (Å²) in [6, 6.07) is 10.5. The lowest BCUT2D eigenvalue weighted by Crippen LogP contribution is -2.31. The lowest BCUT2D eigenvalue weighted by molar-refractivity contribution is 0.526. The second-order valence-corrected chi connectivity index (χ2v) is 6.63. The third kappa shape index (κ3) is 2.58. The van der Waals surface area contributed by atoms with Crippen LogP contribution in [0.15, 0.2) is 41.7 Å². The van der Waals surface area contributed by atoms with Crippen LogP contribution < -0.4 is 5.73 Å². The minimum atomic E-state index is 0.0523. The summed E-state index contributed by atoms with van der Waals surface area (Å²) in [6.07, 6.45) is 2.89. The molecule has 20 heavy (non-hydrogen) atoms. The van der Waals surface area contributed by atoms with E-state index in [1.807, 2.05) is 19.2 Å². The number of aryl methyl sites for hydroxylation is 1. The Labute approximate surface area is 124 Å². The molecule has 2 N–H and O–H groups in total. The fourth-order valence-electron chi connectivity index (χ4n) is 2.83. The van der Waals surface area contributed by atoms with Gasteiger partial charge >= 0.3 is 0 Å². The molecule has 0 saturated carbocycles. The number of nitrogens with zero attached hydrogens (tertiary/aromatic N) is 2. The van der Waals surface area contributed by atoms with Gasteiger partial charge in [0, 0.05) is 23.2 Å². The van der Waals surface area contributed by atoms with E-state index in [1.165, 1.54) is 11.1 Å². The van der Waals surface area contributed by atoms with Crippen molar-refractivity contribution in [2.24, 2.45) is 5.73 Å². The van der Waals surface area contributed by atoms with Crippen LogP contribution in [-0.4, -0.2) is 15.2 Å². The highest BCUT2D eigenvalue weighted by atomic mass is 32.2. The monoisotopic (exact) mass is 285 g/mol. The summed E-state index contributed by atoms with van der Waals surface area (Å²) in [6.45, 7) is 4.26. The van der Waals surface area contributed by atoms with E-state index in [1.54, 1.807) is 11.8 Å². The number of hydrogen-bond donors (Lipinski definition) is 1. The van der Waals surface area contributed by atoms with Gasteiger partial charge in [-0.2, -0.15) is 0 Å². The number of rotatable bonds is 2. The van der Waals surface area contributed by atoms with Crippen LogP contribution in [0.4, 0.5) is 0 Å². The molecule has 0 amide bonds. The van der Waals surface area contributed by atoms with E-state index in [2.05, 4.69) is 41.2 Å². The van der Waals surface area contributed by atoms with Crippen molar-refractivity contribution in [2.75, 3.05) is 0 Å². The zero-order valence-corrected chi connectivity index (χ0v) is 12.6. The molecule has 0 bridgehead atoms. The third-order valence-corrected chi connectivity index (χ3v) is 5.10. The molecule has 3 nitrogen and oxygen atoms in total. The lowest BCUT2D eigenvalue weighted by Gasteiger charge is -2.34. The van der Waals surface area contributed by atoms with Crippen LogP contribution in [0.3, 0.4) is 0 Å². The highest BCUT2D eigenvalue weighted by Gasteiger charge is 2.31. The predicted molar refractivity (Wildman–Crippen MR) is 82.8 cm³/mol. The summed E-state index contributed by atoms with van der Waals surface area (Å²) >= 11 is 1.71. The van der Waals surface area contributed by atoms with E-state index in [4.69, 9.17) is 5.73 Å². The van der Waals surface area contributed by atoms with Gasteiger partial charge in [-0.05, 0) is 36.5 Å². The third-order valence-electron chi connectivity index (χ3n) is 3.90. The van der Waals surface area contributed by atoms with Crippen molar-refractivity contribution < 1.29 is 0 Å².